The molecule has 0 aliphatic carbocycles. The highest BCUT2D eigenvalue weighted by atomic mass is 35.5. The van der Waals surface area contributed by atoms with Gasteiger partial charge in [0.15, 0.2) is 6.10 Å². The molecule has 1 N–H and O–H groups in total. The summed E-state index contributed by atoms with van der Waals surface area (Å²) in [5, 5.41) is 4.52. The van der Waals surface area contributed by atoms with Gasteiger partial charge < -0.3 is 14.2 Å². The minimum atomic E-state index is -0.849. The molecule has 4 aromatic carbocycles. The van der Waals surface area contributed by atoms with Gasteiger partial charge in [-0.3, -0.25) is 4.79 Å². The van der Waals surface area contributed by atoms with Crippen LogP contribution in [0.5, 0.6) is 17.2 Å². The topological polar surface area (TPSA) is 103 Å². The van der Waals surface area contributed by atoms with Crippen LogP contribution in [0.4, 0.5) is 0 Å². The predicted molar refractivity (Wildman–Crippen MR) is 147 cm³/mol. The van der Waals surface area contributed by atoms with E-state index in [2.05, 4.69) is 10.5 Å². The van der Waals surface area contributed by atoms with E-state index in [0.29, 0.717) is 27.5 Å². The lowest BCUT2D eigenvalue weighted by molar-refractivity contribution is -0.127. The number of halogens is 1. The van der Waals surface area contributed by atoms with Crippen LogP contribution in [0.15, 0.2) is 108 Å². The van der Waals surface area contributed by atoms with Gasteiger partial charge in [0.2, 0.25) is 0 Å². The average Bonchev–Trinajstić information content (AvgIpc) is 2.96. The molecule has 0 saturated carbocycles. The van der Waals surface area contributed by atoms with Crippen molar-refractivity contribution in [3.05, 3.63) is 125 Å². The standard InChI is InChI=1S/C30H23ClN2O6/c1-20(37-25-16-13-24(31)14-17-25)28(34)33-32-19-23-12-15-26(38-29(35)21-8-4-2-5-9-21)18-27(23)39-30(36)22-10-6-3-7-11-22/h2-20H,1H3,(H,33,34)/b32-19-/t20-/m0/s1. The molecule has 4 aromatic rings. The fraction of sp³-hybridized carbons (Fsp3) is 0.0667. The van der Waals surface area contributed by atoms with E-state index in [1.54, 1.807) is 97.9 Å². The molecule has 0 fully saturated rings. The lowest BCUT2D eigenvalue weighted by Crippen LogP contribution is -2.33. The van der Waals surface area contributed by atoms with Gasteiger partial charge >= 0.3 is 11.9 Å². The van der Waals surface area contributed by atoms with Gasteiger partial charge in [-0.15, -0.1) is 0 Å². The van der Waals surface area contributed by atoms with Gasteiger partial charge in [0.05, 0.1) is 17.3 Å². The number of ether oxygens (including phenoxy) is 3. The summed E-state index contributed by atoms with van der Waals surface area (Å²) in [5.41, 5.74) is 3.44. The van der Waals surface area contributed by atoms with Crippen molar-refractivity contribution in [2.75, 3.05) is 0 Å². The van der Waals surface area contributed by atoms with Crippen LogP contribution in [0.1, 0.15) is 33.2 Å². The number of rotatable bonds is 9. The maximum Gasteiger partial charge on any atom is 0.343 e. The van der Waals surface area contributed by atoms with Crippen LogP contribution in [-0.2, 0) is 4.79 Å². The zero-order valence-corrected chi connectivity index (χ0v) is 21.5. The van der Waals surface area contributed by atoms with Gasteiger partial charge in [0.1, 0.15) is 17.2 Å². The molecular weight excluding hydrogens is 520 g/mol. The molecule has 0 bridgehead atoms. The van der Waals surface area contributed by atoms with Gasteiger partial charge in [-0.25, -0.2) is 15.0 Å². The Bertz CT molecular complexity index is 1470. The van der Waals surface area contributed by atoms with Crippen LogP contribution in [0.3, 0.4) is 0 Å². The molecule has 0 radical (unpaired) electrons. The molecule has 9 heteroatoms. The van der Waals surface area contributed by atoms with Gasteiger partial charge in [-0.2, -0.15) is 5.10 Å². The van der Waals surface area contributed by atoms with E-state index in [0.717, 1.165) is 0 Å². The van der Waals surface area contributed by atoms with Crippen LogP contribution < -0.4 is 19.6 Å². The highest BCUT2D eigenvalue weighted by molar-refractivity contribution is 6.30. The number of esters is 2. The largest absolute Gasteiger partial charge is 0.481 e. The lowest BCUT2D eigenvalue weighted by atomic mass is 10.2. The Kier molecular flexibility index (Phi) is 9.05. The molecule has 8 nitrogen and oxygen atoms in total. The van der Waals surface area contributed by atoms with Gasteiger partial charge in [-0.1, -0.05) is 48.0 Å². The molecule has 0 saturated heterocycles. The number of carbonyl (C=O) groups is 3. The maximum absolute atomic E-state index is 12.7. The maximum atomic E-state index is 12.7. The highest BCUT2D eigenvalue weighted by Gasteiger charge is 2.16. The number of hydrogen-bond donors (Lipinski definition) is 1. The Labute approximate surface area is 229 Å². The minimum Gasteiger partial charge on any atom is -0.481 e. The van der Waals surface area contributed by atoms with Crippen molar-refractivity contribution < 1.29 is 28.6 Å². The number of nitrogens with zero attached hydrogens (tertiary/aromatic N) is 1. The fourth-order valence-electron chi connectivity index (χ4n) is 3.27. The molecule has 1 amide bonds. The van der Waals surface area contributed by atoms with Crippen LogP contribution in [0.2, 0.25) is 5.02 Å². The SMILES string of the molecule is C[C@H](Oc1ccc(Cl)cc1)C(=O)N/N=C\c1ccc(OC(=O)c2ccccc2)cc1OC(=O)c1ccccc1. The summed E-state index contributed by atoms with van der Waals surface area (Å²) in [4.78, 5) is 37.7. The number of hydrogen-bond acceptors (Lipinski definition) is 7. The van der Waals surface area contributed by atoms with Crippen LogP contribution in [-0.4, -0.2) is 30.2 Å². The Hall–Kier alpha value is -4.95. The smallest absolute Gasteiger partial charge is 0.343 e. The number of nitrogens with one attached hydrogen (secondary N) is 1. The van der Waals surface area contributed by atoms with E-state index in [1.165, 1.54) is 18.3 Å². The molecule has 0 spiro atoms. The second-order valence-corrected chi connectivity index (χ2v) is 8.60. The second kappa shape index (κ2) is 13.0. The summed E-state index contributed by atoms with van der Waals surface area (Å²) < 4.78 is 16.6. The molecule has 0 unspecified atom stereocenters. The van der Waals surface area contributed by atoms with E-state index in [4.69, 9.17) is 25.8 Å². The molecule has 196 valence electrons. The zero-order valence-electron chi connectivity index (χ0n) is 20.7. The second-order valence-electron chi connectivity index (χ2n) is 8.16. The van der Waals surface area contributed by atoms with Crippen molar-refractivity contribution in [2.45, 2.75) is 13.0 Å². The van der Waals surface area contributed by atoms with Crippen LogP contribution >= 0.6 is 11.6 Å². The van der Waals surface area contributed by atoms with Gasteiger partial charge in [0.25, 0.3) is 5.91 Å². The first-order chi connectivity index (χ1) is 18.9. The third-order valence-electron chi connectivity index (χ3n) is 5.29. The van der Waals surface area contributed by atoms with Crippen molar-refractivity contribution >= 4 is 35.7 Å². The first-order valence-electron chi connectivity index (χ1n) is 11.8. The third-order valence-corrected chi connectivity index (χ3v) is 5.54. The molecule has 0 aromatic heterocycles. The first kappa shape index (κ1) is 27.1. The molecule has 4 rings (SSSR count). The molecular formula is C30H23ClN2O6. The predicted octanol–water partition coefficient (Wildman–Crippen LogP) is 5.70. The minimum absolute atomic E-state index is 0.0747. The summed E-state index contributed by atoms with van der Waals surface area (Å²) in [6.45, 7) is 1.57. The Morgan fingerprint density at radius 3 is 1.95 bits per heavy atom. The summed E-state index contributed by atoms with van der Waals surface area (Å²) in [5.74, 6) is -0.985. The number of benzene rings is 4. The zero-order chi connectivity index (χ0) is 27.6. The third kappa shape index (κ3) is 7.77. The van der Waals surface area contributed by atoms with E-state index in [1.807, 2.05) is 0 Å². The molecule has 0 heterocycles. The van der Waals surface area contributed by atoms with Crippen LogP contribution in [0, 0.1) is 0 Å². The summed E-state index contributed by atoms with van der Waals surface area (Å²) >= 11 is 5.87. The number of amides is 1. The molecule has 1 atom stereocenters. The van der Waals surface area contributed by atoms with Crippen molar-refractivity contribution in [1.29, 1.82) is 0 Å². The van der Waals surface area contributed by atoms with E-state index < -0.39 is 23.9 Å². The van der Waals surface area contributed by atoms with Crippen molar-refractivity contribution in [3.63, 3.8) is 0 Å². The molecule has 39 heavy (non-hydrogen) atoms. The highest BCUT2D eigenvalue weighted by Crippen LogP contribution is 2.26. The normalized spacial score (nSPS) is 11.4. The van der Waals surface area contributed by atoms with Gasteiger partial charge in [-0.05, 0) is 67.6 Å². The van der Waals surface area contributed by atoms with E-state index >= 15 is 0 Å². The lowest BCUT2D eigenvalue weighted by Gasteiger charge is -2.13. The van der Waals surface area contributed by atoms with E-state index in [-0.39, 0.29) is 11.5 Å². The Morgan fingerprint density at radius 1 is 0.769 bits per heavy atom. The monoisotopic (exact) mass is 542 g/mol. The average molecular weight is 543 g/mol. The number of carbonyl (C=O) groups excluding carboxylic acids is 3. The first-order valence-corrected chi connectivity index (χ1v) is 12.2. The number of hydrazone groups is 1. The summed E-state index contributed by atoms with van der Waals surface area (Å²) in [6.07, 6.45) is 0.460. The van der Waals surface area contributed by atoms with Crippen molar-refractivity contribution in [2.24, 2.45) is 5.10 Å². The van der Waals surface area contributed by atoms with Crippen molar-refractivity contribution in [1.82, 2.24) is 5.43 Å². The van der Waals surface area contributed by atoms with Crippen LogP contribution in [0.25, 0.3) is 0 Å². The van der Waals surface area contributed by atoms with Gasteiger partial charge in [0, 0.05) is 16.7 Å². The Morgan fingerprint density at radius 2 is 1.33 bits per heavy atom. The quantitative estimate of drug-likeness (QED) is 0.126. The van der Waals surface area contributed by atoms with E-state index in [9.17, 15) is 14.4 Å². The fourth-order valence-corrected chi connectivity index (χ4v) is 3.40. The molecule has 0 aliphatic rings. The molecule has 0 aliphatic heterocycles. The Balaban J connectivity index is 1.49. The summed E-state index contributed by atoms with van der Waals surface area (Å²) in [6, 6.07) is 28.0. The summed E-state index contributed by atoms with van der Waals surface area (Å²) in [7, 11) is 0. The van der Waals surface area contributed by atoms with Crippen molar-refractivity contribution in [3.8, 4) is 17.2 Å².